The Morgan fingerprint density at radius 3 is 2.58 bits per heavy atom. The molecule has 0 spiro atoms. The maximum absolute atomic E-state index is 11.5. The summed E-state index contributed by atoms with van der Waals surface area (Å²) in [5, 5.41) is 8.63. The third-order valence-corrected chi connectivity index (χ3v) is 6.91. The molecule has 0 aliphatic carbocycles. The van der Waals surface area contributed by atoms with Crippen LogP contribution in [-0.4, -0.2) is 32.1 Å². The van der Waals surface area contributed by atoms with Crippen molar-refractivity contribution in [2.45, 2.75) is 41.1 Å². The van der Waals surface area contributed by atoms with E-state index in [1.54, 1.807) is 41.8 Å². The fourth-order valence-electron chi connectivity index (χ4n) is 1.01. The Bertz CT molecular complexity index is 433. The van der Waals surface area contributed by atoms with Crippen LogP contribution in [0.2, 0.25) is 0 Å². The Morgan fingerprint density at radius 2 is 2.00 bits per heavy atom. The van der Waals surface area contributed by atoms with E-state index in [-0.39, 0.29) is 10.4 Å². The van der Waals surface area contributed by atoms with Gasteiger partial charge in [-0.2, -0.15) is 0 Å². The van der Waals surface area contributed by atoms with Gasteiger partial charge in [0.25, 0.3) is 0 Å². The minimum Gasteiger partial charge on any atom is -0.282 e. The van der Waals surface area contributed by atoms with Crippen LogP contribution >= 0.6 is 46.6 Å². The van der Waals surface area contributed by atoms with Crippen LogP contribution in [0, 0.1) is 0 Å². The highest BCUT2D eigenvalue weighted by Crippen LogP contribution is 2.31. The van der Waals surface area contributed by atoms with Crippen LogP contribution in [-0.2, 0) is 4.79 Å². The zero-order chi connectivity index (χ0) is 14.3. The number of carbonyl (C=O) groups is 1. The maximum atomic E-state index is 11.5. The molecule has 3 nitrogen and oxygen atoms in total. The van der Waals surface area contributed by atoms with Crippen molar-refractivity contribution in [1.82, 2.24) is 10.2 Å². The second-order valence-corrected chi connectivity index (χ2v) is 8.99. The predicted octanol–water partition coefficient (Wildman–Crippen LogP) is 4.36. The van der Waals surface area contributed by atoms with Gasteiger partial charge in [-0.05, 0) is 18.9 Å². The number of carbonyl (C=O) groups excluding carboxylic acids is 1. The van der Waals surface area contributed by atoms with Gasteiger partial charge in [-0.1, -0.05) is 67.0 Å². The Balaban J connectivity index is 2.33. The first kappa shape index (κ1) is 17.1. The predicted molar refractivity (Wildman–Crippen MR) is 88.5 cm³/mol. The summed E-state index contributed by atoms with van der Waals surface area (Å²) in [6.45, 7) is 9.61. The molecule has 7 heteroatoms. The van der Waals surface area contributed by atoms with E-state index in [2.05, 4.69) is 23.7 Å². The Labute approximate surface area is 131 Å². The molecule has 0 radical (unpaired) electrons. The summed E-state index contributed by atoms with van der Waals surface area (Å²) >= 11 is 6.39. The maximum Gasteiger partial charge on any atom is 0.214 e. The fourth-order valence-corrected chi connectivity index (χ4v) is 4.88. The van der Waals surface area contributed by atoms with Crippen molar-refractivity contribution in [3.05, 3.63) is 12.2 Å². The summed E-state index contributed by atoms with van der Waals surface area (Å²) in [4.78, 5) is 11.5. The van der Waals surface area contributed by atoms with E-state index >= 15 is 0 Å². The van der Waals surface area contributed by atoms with Crippen molar-refractivity contribution < 1.29 is 4.79 Å². The van der Waals surface area contributed by atoms with Gasteiger partial charge in [0.05, 0.1) is 0 Å². The van der Waals surface area contributed by atoms with Crippen LogP contribution in [0.1, 0.15) is 27.2 Å². The lowest BCUT2D eigenvalue weighted by molar-refractivity contribution is -0.107. The lowest BCUT2D eigenvalue weighted by Gasteiger charge is -2.07. The van der Waals surface area contributed by atoms with E-state index < -0.39 is 0 Å². The summed E-state index contributed by atoms with van der Waals surface area (Å²) in [5.74, 6) is 1.94. The molecule has 0 aliphatic rings. The molecule has 0 fully saturated rings. The number of aromatic nitrogens is 2. The van der Waals surface area contributed by atoms with Gasteiger partial charge < -0.3 is 0 Å². The summed E-state index contributed by atoms with van der Waals surface area (Å²) in [6.07, 6.45) is 1.14. The van der Waals surface area contributed by atoms with Crippen LogP contribution in [0.4, 0.5) is 0 Å². The van der Waals surface area contributed by atoms with Crippen molar-refractivity contribution >= 4 is 51.7 Å². The largest absolute Gasteiger partial charge is 0.282 e. The van der Waals surface area contributed by atoms with Gasteiger partial charge in [0.15, 0.2) is 8.68 Å². The molecule has 0 N–H and O–H groups in total. The average molecular weight is 335 g/mol. The zero-order valence-electron chi connectivity index (χ0n) is 11.3. The van der Waals surface area contributed by atoms with Gasteiger partial charge in [0.2, 0.25) is 5.12 Å². The second kappa shape index (κ2) is 9.05. The van der Waals surface area contributed by atoms with Gasteiger partial charge in [0.1, 0.15) is 0 Å². The second-order valence-electron chi connectivity index (χ2n) is 3.99. The smallest absolute Gasteiger partial charge is 0.214 e. The molecule has 1 heterocycles. The molecule has 0 aromatic carbocycles. The van der Waals surface area contributed by atoms with Crippen LogP contribution in [0.3, 0.4) is 0 Å². The van der Waals surface area contributed by atoms with Crippen molar-refractivity contribution in [2.75, 3.05) is 11.5 Å². The van der Waals surface area contributed by atoms with E-state index in [4.69, 9.17) is 0 Å². The summed E-state index contributed by atoms with van der Waals surface area (Å²) in [6, 6.07) is 0. The van der Waals surface area contributed by atoms with Crippen LogP contribution < -0.4 is 0 Å². The topological polar surface area (TPSA) is 42.9 Å². The van der Waals surface area contributed by atoms with E-state index in [1.165, 1.54) is 11.8 Å². The highest BCUT2D eigenvalue weighted by atomic mass is 32.2. The minimum absolute atomic E-state index is 0.0737. The zero-order valence-corrected chi connectivity index (χ0v) is 14.6. The number of hydrogen-bond donors (Lipinski definition) is 0. The molecule has 0 saturated heterocycles. The normalized spacial score (nSPS) is 12.4. The highest BCUT2D eigenvalue weighted by molar-refractivity contribution is 8.15. The van der Waals surface area contributed by atoms with Crippen molar-refractivity contribution in [3.8, 4) is 0 Å². The number of thioether (sulfide) groups is 3. The summed E-state index contributed by atoms with van der Waals surface area (Å²) in [5.41, 5.74) is 0.607. The Kier molecular flexibility index (Phi) is 8.13. The van der Waals surface area contributed by atoms with Crippen molar-refractivity contribution in [1.29, 1.82) is 0 Å². The molecule has 1 rings (SSSR count). The van der Waals surface area contributed by atoms with E-state index in [0.717, 1.165) is 26.6 Å². The molecule has 0 saturated carbocycles. The molecular weight excluding hydrogens is 316 g/mol. The van der Waals surface area contributed by atoms with Crippen molar-refractivity contribution in [2.24, 2.45) is 0 Å². The molecule has 19 heavy (non-hydrogen) atoms. The van der Waals surface area contributed by atoms with Gasteiger partial charge in [0, 0.05) is 16.8 Å². The third-order valence-electron chi connectivity index (χ3n) is 1.92. The first-order valence-electron chi connectivity index (χ1n) is 5.98. The van der Waals surface area contributed by atoms with Crippen LogP contribution in [0.5, 0.6) is 0 Å². The molecule has 106 valence electrons. The summed E-state index contributed by atoms with van der Waals surface area (Å²) < 4.78 is 2.01. The fraction of sp³-hybridized carbons (Fsp3) is 0.583. The first-order valence-corrected chi connectivity index (χ1v) is 9.65. The SMILES string of the molecule is C=C(C)C(=O)SC(C)CSc1nnc(SCCC)s1. The van der Waals surface area contributed by atoms with E-state index in [1.807, 2.05) is 6.92 Å². The monoisotopic (exact) mass is 334 g/mol. The number of hydrogen-bond acceptors (Lipinski definition) is 7. The van der Waals surface area contributed by atoms with Gasteiger partial charge in [-0.3, -0.25) is 4.79 Å². The molecular formula is C12H18N2OS4. The quantitative estimate of drug-likeness (QED) is 0.520. The molecule has 0 amide bonds. The Morgan fingerprint density at radius 1 is 1.37 bits per heavy atom. The molecule has 1 unspecified atom stereocenters. The van der Waals surface area contributed by atoms with Gasteiger partial charge in [-0.15, -0.1) is 10.2 Å². The average Bonchev–Trinajstić information content (AvgIpc) is 2.81. The highest BCUT2D eigenvalue weighted by Gasteiger charge is 2.12. The van der Waals surface area contributed by atoms with Gasteiger partial charge in [-0.25, -0.2) is 0 Å². The number of rotatable bonds is 8. The molecule has 1 aromatic rings. The lowest BCUT2D eigenvalue weighted by atomic mass is 10.4. The first-order chi connectivity index (χ1) is 9.02. The van der Waals surface area contributed by atoms with Crippen LogP contribution in [0.15, 0.2) is 20.8 Å². The van der Waals surface area contributed by atoms with Crippen molar-refractivity contribution in [3.63, 3.8) is 0 Å². The molecule has 0 aliphatic heterocycles. The Hall–Kier alpha value is 0.0200. The number of nitrogens with zero attached hydrogens (tertiary/aromatic N) is 2. The minimum atomic E-state index is 0.0737. The third kappa shape index (κ3) is 6.83. The van der Waals surface area contributed by atoms with E-state index in [9.17, 15) is 4.79 Å². The van der Waals surface area contributed by atoms with E-state index in [0.29, 0.717) is 5.57 Å². The molecule has 0 bridgehead atoms. The van der Waals surface area contributed by atoms with Gasteiger partial charge >= 0.3 is 0 Å². The lowest BCUT2D eigenvalue weighted by Crippen LogP contribution is -2.05. The summed E-state index contributed by atoms with van der Waals surface area (Å²) in [7, 11) is 0. The van der Waals surface area contributed by atoms with Crippen LogP contribution in [0.25, 0.3) is 0 Å². The molecule has 1 atom stereocenters. The standard InChI is InChI=1S/C12H18N2OS4/c1-5-6-16-11-13-14-12(19-11)17-7-9(4)18-10(15)8(2)3/h9H,2,5-7H2,1,3-4H3. The molecule has 1 aromatic heterocycles.